The summed E-state index contributed by atoms with van der Waals surface area (Å²) in [5.74, 6) is 0.737. The van der Waals surface area contributed by atoms with Gasteiger partial charge in [-0.2, -0.15) is 0 Å². The minimum absolute atomic E-state index is 0. The predicted octanol–water partition coefficient (Wildman–Crippen LogP) is 2.91. The first kappa shape index (κ1) is 29.4. The van der Waals surface area contributed by atoms with Gasteiger partial charge in [0.1, 0.15) is 5.60 Å². The molecule has 1 unspecified atom stereocenters. The number of methoxy groups -OCH3 is 1. The first-order valence-electron chi connectivity index (χ1n) is 9.90. The maximum Gasteiger partial charge on any atom is 0.407 e. The molecule has 0 bridgehead atoms. The Hall–Kier alpha value is -0.810. The van der Waals surface area contributed by atoms with Crippen LogP contribution in [0.2, 0.25) is 0 Å². The zero-order valence-corrected chi connectivity index (χ0v) is 20.8. The average molecular weight is 516 g/mol. The van der Waals surface area contributed by atoms with Gasteiger partial charge in [-0.3, -0.25) is 4.99 Å². The minimum Gasteiger partial charge on any atom is -0.444 e. The number of ether oxygens (including phenoxy) is 3. The standard InChI is InChI=1S/C19H40N4O4.HI/c1-7-10-16(23-18(24)27-19(3,4)5)15-22-17(20-8-2)21-11-9-12-26-14-13-25-6;/h16H,7-15H2,1-6H3,(H,23,24)(H2,20,21,22);1H. The molecule has 0 aromatic heterocycles. The van der Waals surface area contributed by atoms with Gasteiger partial charge in [0.15, 0.2) is 5.96 Å². The molecule has 0 fully saturated rings. The van der Waals surface area contributed by atoms with E-state index in [1.165, 1.54) is 0 Å². The molecule has 0 spiro atoms. The van der Waals surface area contributed by atoms with Crippen LogP contribution in [0.25, 0.3) is 0 Å². The summed E-state index contributed by atoms with van der Waals surface area (Å²) in [5.41, 5.74) is -0.508. The number of aliphatic imine (C=N–C) groups is 1. The second kappa shape index (κ2) is 18.2. The van der Waals surface area contributed by atoms with E-state index in [-0.39, 0.29) is 30.0 Å². The van der Waals surface area contributed by atoms with E-state index in [9.17, 15) is 4.79 Å². The fourth-order valence-electron chi connectivity index (χ4n) is 2.20. The number of nitrogens with one attached hydrogen (secondary N) is 3. The second-order valence-electron chi connectivity index (χ2n) is 7.24. The first-order valence-corrected chi connectivity index (χ1v) is 9.90. The van der Waals surface area contributed by atoms with Crippen molar-refractivity contribution in [3.8, 4) is 0 Å². The van der Waals surface area contributed by atoms with Gasteiger partial charge in [-0.25, -0.2) is 4.79 Å². The van der Waals surface area contributed by atoms with Crippen LogP contribution in [0.1, 0.15) is 53.9 Å². The van der Waals surface area contributed by atoms with Gasteiger partial charge in [-0.1, -0.05) is 13.3 Å². The fraction of sp³-hybridized carbons (Fsp3) is 0.895. The lowest BCUT2D eigenvalue weighted by atomic mass is 10.1. The Kier molecular flexibility index (Phi) is 19.1. The van der Waals surface area contributed by atoms with Gasteiger partial charge in [0.05, 0.1) is 25.8 Å². The Bertz CT molecular complexity index is 417. The molecule has 0 saturated carbocycles. The van der Waals surface area contributed by atoms with Gasteiger partial charge in [-0.15, -0.1) is 24.0 Å². The summed E-state index contributed by atoms with van der Waals surface area (Å²) in [6.07, 6.45) is 2.28. The van der Waals surface area contributed by atoms with Gasteiger partial charge >= 0.3 is 6.09 Å². The van der Waals surface area contributed by atoms with Crippen molar-refractivity contribution in [3.05, 3.63) is 0 Å². The molecule has 0 aliphatic carbocycles. The smallest absolute Gasteiger partial charge is 0.407 e. The second-order valence-corrected chi connectivity index (χ2v) is 7.24. The third-order valence-electron chi connectivity index (χ3n) is 3.36. The van der Waals surface area contributed by atoms with Crippen molar-refractivity contribution in [3.63, 3.8) is 0 Å². The quantitative estimate of drug-likeness (QED) is 0.151. The summed E-state index contributed by atoms with van der Waals surface area (Å²) in [4.78, 5) is 16.6. The largest absolute Gasteiger partial charge is 0.444 e. The lowest BCUT2D eigenvalue weighted by Crippen LogP contribution is -2.42. The summed E-state index contributed by atoms with van der Waals surface area (Å²) in [6, 6.07) is -0.0577. The highest BCUT2D eigenvalue weighted by molar-refractivity contribution is 14.0. The van der Waals surface area contributed by atoms with Crippen molar-refractivity contribution in [1.82, 2.24) is 16.0 Å². The fourth-order valence-corrected chi connectivity index (χ4v) is 2.20. The molecule has 8 nitrogen and oxygen atoms in total. The zero-order chi connectivity index (χ0) is 20.5. The van der Waals surface area contributed by atoms with Crippen LogP contribution < -0.4 is 16.0 Å². The summed E-state index contributed by atoms with van der Waals surface area (Å²) in [6.45, 7) is 13.6. The molecule has 168 valence electrons. The first-order chi connectivity index (χ1) is 12.8. The SMILES string of the molecule is CCCC(CN=C(NCC)NCCCOCCOC)NC(=O)OC(C)(C)C.I. The monoisotopic (exact) mass is 516 g/mol. The Morgan fingerprint density at radius 1 is 1.11 bits per heavy atom. The van der Waals surface area contributed by atoms with Crippen molar-refractivity contribution < 1.29 is 19.0 Å². The highest BCUT2D eigenvalue weighted by Crippen LogP contribution is 2.07. The van der Waals surface area contributed by atoms with Crippen molar-refractivity contribution in [2.24, 2.45) is 4.99 Å². The van der Waals surface area contributed by atoms with Gasteiger partial charge in [0.25, 0.3) is 0 Å². The molecule has 0 radical (unpaired) electrons. The Morgan fingerprint density at radius 2 is 1.82 bits per heavy atom. The number of rotatable bonds is 13. The Balaban J connectivity index is 0. The topological polar surface area (TPSA) is 93.2 Å². The lowest BCUT2D eigenvalue weighted by Gasteiger charge is -2.23. The molecule has 1 atom stereocenters. The molecule has 0 rings (SSSR count). The van der Waals surface area contributed by atoms with Crippen LogP contribution in [-0.2, 0) is 14.2 Å². The number of amides is 1. The van der Waals surface area contributed by atoms with Crippen LogP contribution in [0.15, 0.2) is 4.99 Å². The molecule has 0 heterocycles. The van der Waals surface area contributed by atoms with E-state index in [4.69, 9.17) is 14.2 Å². The zero-order valence-electron chi connectivity index (χ0n) is 18.4. The number of hydrogen-bond acceptors (Lipinski definition) is 5. The molecule has 28 heavy (non-hydrogen) atoms. The number of carbonyl (C=O) groups is 1. The van der Waals surface area contributed by atoms with E-state index in [0.717, 1.165) is 38.3 Å². The Labute approximate surface area is 187 Å². The van der Waals surface area contributed by atoms with Crippen LogP contribution >= 0.6 is 24.0 Å². The predicted molar refractivity (Wildman–Crippen MR) is 125 cm³/mol. The van der Waals surface area contributed by atoms with Gasteiger partial charge in [-0.05, 0) is 40.5 Å². The van der Waals surface area contributed by atoms with Gasteiger partial charge < -0.3 is 30.2 Å². The highest BCUT2D eigenvalue weighted by atomic mass is 127. The molecular formula is C19H41IN4O4. The maximum atomic E-state index is 12.0. The molecule has 3 N–H and O–H groups in total. The number of alkyl carbamates (subject to hydrolysis) is 1. The molecule has 1 amide bonds. The molecule has 0 saturated heterocycles. The lowest BCUT2D eigenvalue weighted by molar-refractivity contribution is 0.0503. The van der Waals surface area contributed by atoms with Crippen LogP contribution in [0.4, 0.5) is 4.79 Å². The van der Waals surface area contributed by atoms with E-state index in [0.29, 0.717) is 26.4 Å². The maximum absolute atomic E-state index is 12.0. The van der Waals surface area contributed by atoms with Gasteiger partial charge in [0.2, 0.25) is 0 Å². The van der Waals surface area contributed by atoms with Crippen molar-refractivity contribution >= 4 is 36.0 Å². The van der Waals surface area contributed by atoms with Crippen LogP contribution in [-0.4, -0.2) is 70.3 Å². The van der Waals surface area contributed by atoms with E-state index >= 15 is 0 Å². The van der Waals surface area contributed by atoms with E-state index in [1.54, 1.807) is 7.11 Å². The van der Waals surface area contributed by atoms with E-state index in [1.807, 2.05) is 27.7 Å². The number of halogens is 1. The molecule has 0 aromatic rings. The third-order valence-corrected chi connectivity index (χ3v) is 3.36. The Morgan fingerprint density at radius 3 is 2.39 bits per heavy atom. The molecule has 0 aromatic carbocycles. The summed E-state index contributed by atoms with van der Waals surface area (Å²) in [7, 11) is 1.66. The minimum atomic E-state index is -0.508. The molecular weight excluding hydrogens is 475 g/mol. The van der Waals surface area contributed by atoms with Gasteiger partial charge in [0, 0.05) is 26.8 Å². The normalized spacial score (nSPS) is 12.7. The van der Waals surface area contributed by atoms with Crippen molar-refractivity contribution in [2.45, 2.75) is 65.5 Å². The van der Waals surface area contributed by atoms with E-state index in [2.05, 4.69) is 27.9 Å². The number of nitrogens with zero attached hydrogens (tertiary/aromatic N) is 1. The van der Waals surface area contributed by atoms with Crippen LogP contribution in [0.3, 0.4) is 0 Å². The highest BCUT2D eigenvalue weighted by Gasteiger charge is 2.19. The van der Waals surface area contributed by atoms with Crippen molar-refractivity contribution in [1.29, 1.82) is 0 Å². The summed E-state index contributed by atoms with van der Waals surface area (Å²) in [5, 5.41) is 9.41. The number of carbonyl (C=O) groups excluding carboxylic acids is 1. The summed E-state index contributed by atoms with van der Waals surface area (Å²) >= 11 is 0. The number of guanidine groups is 1. The van der Waals surface area contributed by atoms with Crippen LogP contribution in [0.5, 0.6) is 0 Å². The molecule has 0 aliphatic rings. The third kappa shape index (κ3) is 18.5. The average Bonchev–Trinajstić information content (AvgIpc) is 2.57. The summed E-state index contributed by atoms with van der Waals surface area (Å²) < 4.78 is 15.7. The van der Waals surface area contributed by atoms with Crippen molar-refractivity contribution in [2.75, 3.05) is 46.6 Å². The molecule has 0 aliphatic heterocycles. The van der Waals surface area contributed by atoms with Crippen LogP contribution in [0, 0.1) is 0 Å². The molecule has 9 heteroatoms. The number of hydrogen-bond donors (Lipinski definition) is 3. The van der Waals surface area contributed by atoms with E-state index < -0.39 is 11.7 Å².